The van der Waals surface area contributed by atoms with Crippen molar-refractivity contribution in [3.63, 3.8) is 0 Å². The predicted octanol–water partition coefficient (Wildman–Crippen LogP) is 2.33. The van der Waals surface area contributed by atoms with Crippen molar-refractivity contribution in [2.75, 3.05) is 7.11 Å². The summed E-state index contributed by atoms with van der Waals surface area (Å²) in [5, 5.41) is 13.8. The molecule has 1 unspecified atom stereocenters. The number of nitrogens with zero attached hydrogens (tertiary/aromatic N) is 2. The van der Waals surface area contributed by atoms with Crippen LogP contribution in [0.1, 0.15) is 18.3 Å². The Hall–Kier alpha value is -1.88. The molecule has 96 valence electrons. The van der Waals surface area contributed by atoms with Gasteiger partial charge in [-0.1, -0.05) is 17.3 Å². The van der Waals surface area contributed by atoms with Gasteiger partial charge < -0.3 is 14.4 Å². The smallest absolute Gasteiger partial charge is 0.261 e. The molecule has 0 aliphatic carbocycles. The first-order valence-electron chi connectivity index (χ1n) is 5.76. The molecule has 5 heteroatoms. The van der Waals surface area contributed by atoms with Crippen molar-refractivity contribution in [1.82, 2.24) is 10.1 Å². The van der Waals surface area contributed by atoms with Crippen molar-refractivity contribution in [2.45, 2.75) is 26.4 Å². The Morgan fingerprint density at radius 1 is 1.44 bits per heavy atom. The van der Waals surface area contributed by atoms with Gasteiger partial charge in [-0.3, -0.25) is 0 Å². The second kappa shape index (κ2) is 5.18. The standard InChI is InChI=1S/C13H16N2O3/c1-8-5-4-6-10(12(8)16)13-14-11(15-18-13)7-9(2)17-3/h4-6,9,16H,7H2,1-3H3. The van der Waals surface area contributed by atoms with Crippen molar-refractivity contribution >= 4 is 0 Å². The first-order valence-corrected chi connectivity index (χ1v) is 5.76. The summed E-state index contributed by atoms with van der Waals surface area (Å²) >= 11 is 0. The molecule has 1 aromatic carbocycles. The first-order chi connectivity index (χ1) is 8.61. The third-order valence-corrected chi connectivity index (χ3v) is 2.81. The molecule has 0 bridgehead atoms. The van der Waals surface area contributed by atoms with Gasteiger partial charge in [-0.25, -0.2) is 0 Å². The number of aromatic hydroxyl groups is 1. The molecule has 0 radical (unpaired) electrons. The third-order valence-electron chi connectivity index (χ3n) is 2.81. The maximum absolute atomic E-state index is 9.94. The molecule has 2 rings (SSSR count). The molecule has 0 aliphatic rings. The quantitative estimate of drug-likeness (QED) is 0.899. The Bertz CT molecular complexity index is 537. The van der Waals surface area contributed by atoms with E-state index in [9.17, 15) is 5.11 Å². The number of ether oxygens (including phenoxy) is 1. The zero-order chi connectivity index (χ0) is 13.1. The summed E-state index contributed by atoms with van der Waals surface area (Å²) in [6.45, 7) is 3.75. The topological polar surface area (TPSA) is 68.4 Å². The van der Waals surface area contributed by atoms with Gasteiger partial charge in [0.05, 0.1) is 11.7 Å². The Morgan fingerprint density at radius 3 is 2.94 bits per heavy atom. The van der Waals surface area contributed by atoms with Crippen molar-refractivity contribution in [2.24, 2.45) is 0 Å². The molecular formula is C13H16N2O3. The van der Waals surface area contributed by atoms with E-state index in [1.165, 1.54) is 0 Å². The highest BCUT2D eigenvalue weighted by atomic mass is 16.5. The lowest BCUT2D eigenvalue weighted by atomic mass is 10.1. The minimum atomic E-state index is 0.0292. The van der Waals surface area contributed by atoms with Crippen LogP contribution in [0.25, 0.3) is 11.5 Å². The van der Waals surface area contributed by atoms with Crippen LogP contribution in [0.3, 0.4) is 0 Å². The highest BCUT2D eigenvalue weighted by Crippen LogP contribution is 2.30. The Labute approximate surface area is 105 Å². The van der Waals surface area contributed by atoms with E-state index in [1.54, 1.807) is 13.2 Å². The fourth-order valence-corrected chi connectivity index (χ4v) is 1.62. The number of phenolic OH excluding ortho intramolecular Hbond substituents is 1. The van der Waals surface area contributed by atoms with Crippen LogP contribution in [0.5, 0.6) is 5.75 Å². The van der Waals surface area contributed by atoms with Crippen LogP contribution in [0.2, 0.25) is 0 Å². The molecule has 1 N–H and O–H groups in total. The third kappa shape index (κ3) is 2.51. The maximum Gasteiger partial charge on any atom is 0.261 e. The summed E-state index contributed by atoms with van der Waals surface area (Å²) in [7, 11) is 1.64. The van der Waals surface area contributed by atoms with E-state index in [2.05, 4.69) is 10.1 Å². The summed E-state index contributed by atoms with van der Waals surface area (Å²) in [4.78, 5) is 4.25. The van der Waals surface area contributed by atoms with Gasteiger partial charge in [0.15, 0.2) is 5.82 Å². The van der Waals surface area contributed by atoms with E-state index in [0.717, 1.165) is 5.56 Å². The zero-order valence-electron chi connectivity index (χ0n) is 10.7. The molecular weight excluding hydrogens is 232 g/mol. The van der Waals surface area contributed by atoms with Crippen LogP contribution in [-0.2, 0) is 11.2 Å². The average Bonchev–Trinajstić information content (AvgIpc) is 2.80. The number of hydrogen-bond donors (Lipinski definition) is 1. The van der Waals surface area contributed by atoms with Crippen molar-refractivity contribution in [3.05, 3.63) is 29.6 Å². The molecule has 0 spiro atoms. The summed E-state index contributed by atoms with van der Waals surface area (Å²) in [5.74, 6) is 1.07. The normalized spacial score (nSPS) is 12.6. The van der Waals surface area contributed by atoms with E-state index in [-0.39, 0.29) is 11.9 Å². The SMILES string of the molecule is COC(C)Cc1noc(-c2cccc(C)c2O)n1. The minimum Gasteiger partial charge on any atom is -0.507 e. The van der Waals surface area contributed by atoms with E-state index in [0.29, 0.717) is 23.7 Å². The highest BCUT2D eigenvalue weighted by molar-refractivity contribution is 5.64. The number of rotatable bonds is 4. The molecule has 1 atom stereocenters. The van der Waals surface area contributed by atoms with Gasteiger partial charge in [-0.2, -0.15) is 4.98 Å². The molecule has 2 aromatic rings. The molecule has 0 aliphatic heterocycles. The lowest BCUT2D eigenvalue weighted by Gasteiger charge is -2.04. The Balaban J connectivity index is 2.27. The van der Waals surface area contributed by atoms with Crippen LogP contribution in [0.4, 0.5) is 0 Å². The molecule has 5 nitrogen and oxygen atoms in total. The Morgan fingerprint density at radius 2 is 2.22 bits per heavy atom. The van der Waals surface area contributed by atoms with E-state index >= 15 is 0 Å². The summed E-state index contributed by atoms with van der Waals surface area (Å²) < 4.78 is 10.3. The van der Waals surface area contributed by atoms with Crippen LogP contribution >= 0.6 is 0 Å². The number of methoxy groups -OCH3 is 1. The predicted molar refractivity (Wildman–Crippen MR) is 66.3 cm³/mol. The Kier molecular flexibility index (Phi) is 3.62. The van der Waals surface area contributed by atoms with E-state index in [1.807, 2.05) is 26.0 Å². The van der Waals surface area contributed by atoms with Gasteiger partial charge in [0.25, 0.3) is 5.89 Å². The maximum atomic E-state index is 9.94. The molecule has 1 aromatic heterocycles. The second-order valence-corrected chi connectivity index (χ2v) is 4.24. The summed E-state index contributed by atoms with van der Waals surface area (Å²) in [5.41, 5.74) is 1.33. The van der Waals surface area contributed by atoms with Gasteiger partial charge >= 0.3 is 0 Å². The van der Waals surface area contributed by atoms with Crippen molar-refractivity contribution in [1.29, 1.82) is 0 Å². The molecule has 0 saturated heterocycles. The zero-order valence-corrected chi connectivity index (χ0v) is 10.7. The highest BCUT2D eigenvalue weighted by Gasteiger charge is 2.15. The van der Waals surface area contributed by atoms with Gasteiger partial charge in [0, 0.05) is 13.5 Å². The van der Waals surface area contributed by atoms with Crippen LogP contribution < -0.4 is 0 Å². The summed E-state index contributed by atoms with van der Waals surface area (Å²) in [6, 6.07) is 5.41. The second-order valence-electron chi connectivity index (χ2n) is 4.24. The molecule has 18 heavy (non-hydrogen) atoms. The molecule has 0 amide bonds. The summed E-state index contributed by atoms with van der Waals surface area (Å²) in [6.07, 6.45) is 0.605. The lowest BCUT2D eigenvalue weighted by Crippen LogP contribution is -2.09. The lowest BCUT2D eigenvalue weighted by molar-refractivity contribution is 0.116. The monoisotopic (exact) mass is 248 g/mol. The van der Waals surface area contributed by atoms with Crippen LogP contribution in [0, 0.1) is 6.92 Å². The minimum absolute atomic E-state index is 0.0292. The molecule has 1 heterocycles. The van der Waals surface area contributed by atoms with Gasteiger partial charge in [0.2, 0.25) is 0 Å². The average molecular weight is 248 g/mol. The van der Waals surface area contributed by atoms with Gasteiger partial charge in [-0.15, -0.1) is 0 Å². The number of benzene rings is 1. The van der Waals surface area contributed by atoms with Crippen molar-refractivity contribution < 1.29 is 14.4 Å². The largest absolute Gasteiger partial charge is 0.507 e. The van der Waals surface area contributed by atoms with Gasteiger partial charge in [-0.05, 0) is 25.5 Å². The molecule has 0 saturated carbocycles. The van der Waals surface area contributed by atoms with E-state index < -0.39 is 0 Å². The number of aryl methyl sites for hydroxylation is 1. The number of phenols is 1. The van der Waals surface area contributed by atoms with E-state index in [4.69, 9.17) is 9.26 Å². The fourth-order valence-electron chi connectivity index (χ4n) is 1.62. The fraction of sp³-hybridized carbons (Fsp3) is 0.385. The van der Waals surface area contributed by atoms with Crippen molar-refractivity contribution in [3.8, 4) is 17.2 Å². The first kappa shape index (κ1) is 12.6. The van der Waals surface area contributed by atoms with Crippen LogP contribution in [-0.4, -0.2) is 28.5 Å². The number of hydrogen-bond acceptors (Lipinski definition) is 5. The van der Waals surface area contributed by atoms with Gasteiger partial charge in [0.1, 0.15) is 5.75 Å². The number of aromatic nitrogens is 2. The number of para-hydroxylation sites is 1. The molecule has 0 fully saturated rings. The van der Waals surface area contributed by atoms with Crippen LogP contribution in [0.15, 0.2) is 22.7 Å².